The maximum Gasteiger partial charge on any atom is 0.272 e. The molecule has 1 N–H and O–H groups in total. The monoisotopic (exact) mass is 367 g/mol. The fraction of sp³-hybridized carbons (Fsp3) is 0.400. The molecular weight excluding hydrogens is 342 g/mol. The van der Waals surface area contributed by atoms with Crippen molar-refractivity contribution in [2.45, 2.75) is 19.8 Å². The molecule has 3 rings (SSSR count). The van der Waals surface area contributed by atoms with Crippen molar-refractivity contribution in [3.8, 4) is 0 Å². The van der Waals surface area contributed by atoms with Crippen LogP contribution >= 0.6 is 0 Å². The fourth-order valence-electron chi connectivity index (χ4n) is 3.11. The molecule has 0 unspecified atom stereocenters. The van der Waals surface area contributed by atoms with Gasteiger partial charge in [-0.3, -0.25) is 9.59 Å². The van der Waals surface area contributed by atoms with Crippen molar-refractivity contribution in [3.63, 3.8) is 0 Å². The molecule has 0 radical (unpaired) electrons. The largest absolute Gasteiger partial charge is 0.370 e. The van der Waals surface area contributed by atoms with Crippen LogP contribution in [0.25, 0.3) is 0 Å². The van der Waals surface area contributed by atoms with E-state index in [2.05, 4.69) is 27.4 Å². The number of nitrogens with one attached hydrogen (secondary N) is 1. The van der Waals surface area contributed by atoms with E-state index >= 15 is 0 Å². The summed E-state index contributed by atoms with van der Waals surface area (Å²) in [6, 6.07) is 12.1. The van der Waals surface area contributed by atoms with Gasteiger partial charge in [0, 0.05) is 38.8 Å². The molecule has 0 saturated carbocycles. The van der Waals surface area contributed by atoms with Crippen LogP contribution in [0.1, 0.15) is 28.3 Å². The Bertz CT molecular complexity index is 773. The second-order valence-corrected chi connectivity index (χ2v) is 6.64. The van der Waals surface area contributed by atoms with Crippen LogP contribution in [0.15, 0.2) is 36.4 Å². The lowest BCUT2D eigenvalue weighted by molar-refractivity contribution is -0.119. The van der Waals surface area contributed by atoms with Crippen molar-refractivity contribution in [2.24, 2.45) is 0 Å². The first-order valence-electron chi connectivity index (χ1n) is 9.28. The van der Waals surface area contributed by atoms with Crippen LogP contribution in [-0.2, 0) is 11.2 Å². The number of amides is 2. The molecule has 1 aromatic carbocycles. The van der Waals surface area contributed by atoms with E-state index in [4.69, 9.17) is 0 Å². The highest BCUT2D eigenvalue weighted by Gasteiger charge is 2.23. The molecule has 7 heteroatoms. The fourth-order valence-corrected chi connectivity index (χ4v) is 3.11. The molecule has 2 aromatic rings. The molecule has 1 aliphatic rings. The van der Waals surface area contributed by atoms with E-state index in [-0.39, 0.29) is 5.91 Å². The summed E-state index contributed by atoms with van der Waals surface area (Å²) in [5, 5.41) is 3.29. The van der Waals surface area contributed by atoms with Crippen LogP contribution in [-0.4, -0.2) is 64.8 Å². The zero-order chi connectivity index (χ0) is 19.1. The minimum absolute atomic E-state index is 0.113. The molecule has 1 aliphatic heterocycles. The molecule has 27 heavy (non-hydrogen) atoms. The van der Waals surface area contributed by atoms with E-state index < -0.39 is 0 Å². The molecule has 7 nitrogen and oxygen atoms in total. The normalized spacial score (nSPS) is 14.1. The van der Waals surface area contributed by atoms with Crippen molar-refractivity contribution in [1.29, 1.82) is 0 Å². The molecule has 1 saturated heterocycles. The Hall–Kier alpha value is -2.96. The van der Waals surface area contributed by atoms with Crippen molar-refractivity contribution in [2.75, 3.05) is 38.0 Å². The summed E-state index contributed by atoms with van der Waals surface area (Å²) in [7, 11) is 0. The molecule has 142 valence electrons. The van der Waals surface area contributed by atoms with Crippen molar-refractivity contribution in [3.05, 3.63) is 53.5 Å². The topological polar surface area (TPSA) is 78.4 Å². The summed E-state index contributed by atoms with van der Waals surface area (Å²) in [6.07, 6.45) is 2.79. The first-order valence-corrected chi connectivity index (χ1v) is 9.28. The summed E-state index contributed by atoms with van der Waals surface area (Å²) in [5.74, 6) is 1.13. The van der Waals surface area contributed by atoms with Crippen molar-refractivity contribution >= 4 is 18.1 Å². The molecular formula is C20H25N5O2. The van der Waals surface area contributed by atoms with Crippen molar-refractivity contribution < 1.29 is 9.59 Å². The Labute approximate surface area is 159 Å². The second kappa shape index (κ2) is 9.12. The predicted octanol–water partition coefficient (Wildman–Crippen LogP) is 1.74. The zero-order valence-corrected chi connectivity index (χ0v) is 15.6. The number of hydrogen-bond acceptors (Lipinski definition) is 5. The Kier molecular flexibility index (Phi) is 6.35. The van der Waals surface area contributed by atoms with Crippen LogP contribution in [0.2, 0.25) is 0 Å². The van der Waals surface area contributed by atoms with Gasteiger partial charge < -0.3 is 15.1 Å². The molecule has 1 aromatic heterocycles. The average molecular weight is 367 g/mol. The van der Waals surface area contributed by atoms with E-state index in [1.54, 1.807) is 22.8 Å². The minimum atomic E-state index is -0.113. The van der Waals surface area contributed by atoms with E-state index in [1.807, 2.05) is 18.2 Å². The van der Waals surface area contributed by atoms with E-state index in [1.165, 1.54) is 5.56 Å². The predicted molar refractivity (Wildman–Crippen MR) is 104 cm³/mol. The summed E-state index contributed by atoms with van der Waals surface area (Å²) in [5.41, 5.74) is 1.70. The van der Waals surface area contributed by atoms with Gasteiger partial charge in [0.05, 0.1) is 0 Å². The molecule has 2 heterocycles. The highest BCUT2D eigenvalue weighted by atomic mass is 16.2. The molecule has 2 amide bonds. The van der Waals surface area contributed by atoms with Crippen LogP contribution < -0.4 is 5.32 Å². The number of benzene rings is 1. The van der Waals surface area contributed by atoms with Gasteiger partial charge in [0.1, 0.15) is 17.3 Å². The number of piperazine rings is 1. The lowest BCUT2D eigenvalue weighted by Gasteiger charge is -2.32. The Morgan fingerprint density at radius 3 is 2.59 bits per heavy atom. The van der Waals surface area contributed by atoms with Gasteiger partial charge in [0.25, 0.3) is 5.91 Å². The number of hydrogen-bond donors (Lipinski definition) is 1. The molecule has 0 bridgehead atoms. The van der Waals surface area contributed by atoms with Gasteiger partial charge in [-0.2, -0.15) is 0 Å². The Balaban J connectivity index is 1.55. The van der Waals surface area contributed by atoms with Gasteiger partial charge in [-0.1, -0.05) is 30.3 Å². The van der Waals surface area contributed by atoms with Crippen LogP contribution in [0.5, 0.6) is 0 Å². The van der Waals surface area contributed by atoms with Gasteiger partial charge in [-0.25, -0.2) is 9.97 Å². The number of carbonyl (C=O) groups is 2. The van der Waals surface area contributed by atoms with Gasteiger partial charge in [0.2, 0.25) is 6.41 Å². The van der Waals surface area contributed by atoms with Gasteiger partial charge in [0.15, 0.2) is 0 Å². The molecule has 0 atom stereocenters. The number of aromatic nitrogens is 2. The van der Waals surface area contributed by atoms with Crippen LogP contribution in [0, 0.1) is 6.92 Å². The lowest BCUT2D eigenvalue weighted by atomic mass is 10.1. The van der Waals surface area contributed by atoms with E-state index in [9.17, 15) is 9.59 Å². The van der Waals surface area contributed by atoms with E-state index in [0.29, 0.717) is 43.5 Å². The smallest absolute Gasteiger partial charge is 0.272 e. The van der Waals surface area contributed by atoms with Gasteiger partial charge in [-0.15, -0.1) is 0 Å². The van der Waals surface area contributed by atoms with Crippen LogP contribution in [0.3, 0.4) is 0 Å². The quantitative estimate of drug-likeness (QED) is 0.596. The number of aryl methyl sites for hydroxylation is 2. The first kappa shape index (κ1) is 18.8. The minimum Gasteiger partial charge on any atom is -0.370 e. The Morgan fingerprint density at radius 2 is 1.89 bits per heavy atom. The summed E-state index contributed by atoms with van der Waals surface area (Å²) in [4.78, 5) is 35.6. The van der Waals surface area contributed by atoms with Crippen molar-refractivity contribution in [1.82, 2.24) is 19.8 Å². The maximum atomic E-state index is 12.7. The third-order valence-electron chi connectivity index (χ3n) is 4.60. The molecule has 0 aliphatic carbocycles. The number of rotatable bonds is 7. The lowest BCUT2D eigenvalue weighted by Crippen LogP contribution is -2.48. The SMILES string of the molecule is Cc1nc(NCCCc2ccccc2)cc(C(=O)N2CCN(C=O)CC2)n1. The maximum absolute atomic E-state index is 12.7. The van der Waals surface area contributed by atoms with Crippen LogP contribution in [0.4, 0.5) is 5.82 Å². The number of carbonyl (C=O) groups excluding carboxylic acids is 2. The molecule has 1 fully saturated rings. The summed E-state index contributed by atoms with van der Waals surface area (Å²) in [6.45, 7) is 4.74. The third kappa shape index (κ3) is 5.26. The highest BCUT2D eigenvalue weighted by Crippen LogP contribution is 2.12. The van der Waals surface area contributed by atoms with Gasteiger partial charge in [-0.05, 0) is 25.3 Å². The zero-order valence-electron chi connectivity index (χ0n) is 15.6. The molecule has 0 spiro atoms. The highest BCUT2D eigenvalue weighted by molar-refractivity contribution is 5.93. The first-order chi connectivity index (χ1) is 13.2. The number of anilines is 1. The average Bonchev–Trinajstić information content (AvgIpc) is 2.71. The van der Waals surface area contributed by atoms with Gasteiger partial charge >= 0.3 is 0 Å². The summed E-state index contributed by atoms with van der Waals surface area (Å²) >= 11 is 0. The second-order valence-electron chi connectivity index (χ2n) is 6.64. The van der Waals surface area contributed by atoms with E-state index in [0.717, 1.165) is 25.8 Å². The Morgan fingerprint density at radius 1 is 1.15 bits per heavy atom. The summed E-state index contributed by atoms with van der Waals surface area (Å²) < 4.78 is 0. The standard InChI is InChI=1S/C20H25N5O2/c1-16-22-18(20(27)25-12-10-24(15-26)11-13-25)14-19(23-16)21-9-5-8-17-6-3-2-4-7-17/h2-4,6-7,14-15H,5,8-13H2,1H3,(H,21,22,23). The third-order valence-corrected chi connectivity index (χ3v) is 4.60. The number of nitrogens with zero attached hydrogens (tertiary/aromatic N) is 4.